The largest absolute Gasteiger partial charge is 0.382 e. The highest BCUT2D eigenvalue weighted by Crippen LogP contribution is 2.27. The zero-order valence-corrected chi connectivity index (χ0v) is 13.1. The van der Waals surface area contributed by atoms with Gasteiger partial charge in [0.15, 0.2) is 0 Å². The highest BCUT2D eigenvalue weighted by atomic mass is 16.5. The minimum atomic E-state index is 0.706. The van der Waals surface area contributed by atoms with Crippen molar-refractivity contribution in [2.24, 2.45) is 5.92 Å². The summed E-state index contributed by atoms with van der Waals surface area (Å²) in [6.45, 7) is 7.06. The Morgan fingerprint density at radius 1 is 1.00 bits per heavy atom. The lowest BCUT2D eigenvalue weighted by molar-refractivity contribution is 0.0393. The van der Waals surface area contributed by atoms with E-state index in [1.165, 1.54) is 58.2 Å². The second kappa shape index (κ2) is 9.72. The van der Waals surface area contributed by atoms with Crippen molar-refractivity contribution < 1.29 is 9.47 Å². The Bertz CT molecular complexity index is 245. The van der Waals surface area contributed by atoms with Gasteiger partial charge in [0.2, 0.25) is 0 Å². The summed E-state index contributed by atoms with van der Waals surface area (Å²) in [5.41, 5.74) is 0. The van der Waals surface area contributed by atoms with Crippen LogP contribution in [0, 0.1) is 5.92 Å². The quantitative estimate of drug-likeness (QED) is 0.724. The molecule has 1 unspecified atom stereocenters. The van der Waals surface area contributed by atoms with Gasteiger partial charge in [-0.15, -0.1) is 0 Å². The molecule has 0 aromatic rings. The maximum absolute atomic E-state index is 5.67. The molecule has 20 heavy (non-hydrogen) atoms. The number of methoxy groups -OCH3 is 1. The summed E-state index contributed by atoms with van der Waals surface area (Å²) in [4.78, 5) is 2.72. The maximum Gasteiger partial charge on any atom is 0.0700 e. The molecular weight excluding hydrogens is 252 g/mol. The van der Waals surface area contributed by atoms with Gasteiger partial charge in [-0.25, -0.2) is 0 Å². The zero-order chi connectivity index (χ0) is 14.0. The molecule has 0 saturated carbocycles. The molecular formula is C16H32N2O2. The molecule has 0 amide bonds. The van der Waals surface area contributed by atoms with Gasteiger partial charge in [-0.05, 0) is 51.2 Å². The number of rotatable bonds is 7. The van der Waals surface area contributed by atoms with E-state index in [2.05, 4.69) is 10.2 Å². The van der Waals surface area contributed by atoms with Crippen molar-refractivity contribution in [3.05, 3.63) is 0 Å². The first-order chi connectivity index (χ1) is 9.92. The van der Waals surface area contributed by atoms with Crippen LogP contribution in [0.3, 0.4) is 0 Å². The molecule has 2 fully saturated rings. The molecule has 2 rings (SSSR count). The Morgan fingerprint density at radius 3 is 2.65 bits per heavy atom. The highest BCUT2D eigenvalue weighted by molar-refractivity contribution is 4.84. The first kappa shape index (κ1) is 16.2. The summed E-state index contributed by atoms with van der Waals surface area (Å²) in [5, 5.41) is 3.49. The Hall–Kier alpha value is -0.160. The molecule has 0 bridgehead atoms. The van der Waals surface area contributed by atoms with Gasteiger partial charge in [-0.2, -0.15) is 0 Å². The Kier molecular flexibility index (Phi) is 7.88. The van der Waals surface area contributed by atoms with Crippen LogP contribution < -0.4 is 5.32 Å². The number of ether oxygens (including phenoxy) is 2. The lowest BCUT2D eigenvalue weighted by Gasteiger charge is -2.38. The number of likely N-dealkylation sites (tertiary alicyclic amines) is 1. The lowest BCUT2D eigenvalue weighted by atomic mass is 9.87. The van der Waals surface area contributed by atoms with E-state index < -0.39 is 0 Å². The van der Waals surface area contributed by atoms with Crippen LogP contribution in [0.2, 0.25) is 0 Å². The molecule has 4 heteroatoms. The third kappa shape index (κ3) is 5.32. The van der Waals surface area contributed by atoms with E-state index in [9.17, 15) is 0 Å². The summed E-state index contributed by atoms with van der Waals surface area (Å²) in [6.07, 6.45) is 8.28. The van der Waals surface area contributed by atoms with Crippen molar-refractivity contribution in [1.82, 2.24) is 10.2 Å². The molecule has 2 saturated heterocycles. The number of hydrogen-bond acceptors (Lipinski definition) is 4. The minimum absolute atomic E-state index is 0.706. The van der Waals surface area contributed by atoms with Crippen LogP contribution in [-0.4, -0.2) is 64.1 Å². The van der Waals surface area contributed by atoms with E-state index in [0.717, 1.165) is 31.7 Å². The van der Waals surface area contributed by atoms with Crippen LogP contribution in [-0.2, 0) is 9.47 Å². The normalized spacial score (nSPS) is 26.6. The molecule has 2 heterocycles. The lowest BCUT2D eigenvalue weighted by Crippen LogP contribution is -2.45. The van der Waals surface area contributed by atoms with Crippen LogP contribution >= 0.6 is 0 Å². The van der Waals surface area contributed by atoms with Crippen molar-refractivity contribution in [2.45, 2.75) is 44.6 Å². The average molecular weight is 284 g/mol. The van der Waals surface area contributed by atoms with E-state index in [1.807, 2.05) is 0 Å². The summed E-state index contributed by atoms with van der Waals surface area (Å²) in [5.74, 6) is 0.897. The van der Waals surface area contributed by atoms with Crippen molar-refractivity contribution >= 4 is 0 Å². The Balaban J connectivity index is 1.78. The summed E-state index contributed by atoms with van der Waals surface area (Å²) >= 11 is 0. The van der Waals surface area contributed by atoms with E-state index in [0.29, 0.717) is 6.61 Å². The molecule has 0 aliphatic carbocycles. The second-order valence-corrected chi connectivity index (χ2v) is 6.15. The minimum Gasteiger partial charge on any atom is -0.382 e. The zero-order valence-electron chi connectivity index (χ0n) is 13.1. The van der Waals surface area contributed by atoms with Gasteiger partial charge in [0.05, 0.1) is 19.8 Å². The number of piperidine rings is 1. The van der Waals surface area contributed by atoms with Crippen LogP contribution in [0.25, 0.3) is 0 Å². The fourth-order valence-corrected chi connectivity index (χ4v) is 3.66. The van der Waals surface area contributed by atoms with Gasteiger partial charge < -0.3 is 14.8 Å². The van der Waals surface area contributed by atoms with E-state index in [-0.39, 0.29) is 0 Å². The molecule has 0 radical (unpaired) electrons. The smallest absolute Gasteiger partial charge is 0.0700 e. The van der Waals surface area contributed by atoms with Gasteiger partial charge in [0, 0.05) is 19.7 Å². The molecule has 0 spiro atoms. The van der Waals surface area contributed by atoms with E-state index in [4.69, 9.17) is 9.47 Å². The van der Waals surface area contributed by atoms with Crippen LogP contribution in [0.15, 0.2) is 0 Å². The first-order valence-corrected chi connectivity index (χ1v) is 8.43. The van der Waals surface area contributed by atoms with Crippen molar-refractivity contribution in [2.75, 3.05) is 53.1 Å². The molecule has 4 nitrogen and oxygen atoms in total. The topological polar surface area (TPSA) is 33.7 Å². The van der Waals surface area contributed by atoms with E-state index in [1.54, 1.807) is 7.11 Å². The monoisotopic (exact) mass is 284 g/mol. The van der Waals surface area contributed by atoms with Crippen molar-refractivity contribution in [3.63, 3.8) is 0 Å². The molecule has 1 atom stereocenters. The SMILES string of the molecule is COCCOCCN1CCCCCC1C1CCNCC1. The summed E-state index contributed by atoms with van der Waals surface area (Å²) in [6, 6.07) is 0.797. The fourth-order valence-electron chi connectivity index (χ4n) is 3.66. The van der Waals surface area contributed by atoms with Crippen LogP contribution in [0.1, 0.15) is 38.5 Å². The molecule has 1 N–H and O–H groups in total. The van der Waals surface area contributed by atoms with Crippen molar-refractivity contribution in [1.29, 1.82) is 0 Å². The molecule has 0 aromatic carbocycles. The number of nitrogens with zero attached hydrogens (tertiary/aromatic N) is 1. The predicted molar refractivity (Wildman–Crippen MR) is 82.1 cm³/mol. The number of nitrogens with one attached hydrogen (secondary N) is 1. The van der Waals surface area contributed by atoms with Gasteiger partial charge in [-0.1, -0.05) is 12.8 Å². The standard InChI is InChI=1S/C16H32N2O2/c1-19-13-14-20-12-11-18-10-4-2-3-5-16(18)15-6-8-17-9-7-15/h15-17H,2-14H2,1H3. The Labute approximate surface area is 124 Å². The summed E-state index contributed by atoms with van der Waals surface area (Å²) < 4.78 is 10.7. The van der Waals surface area contributed by atoms with Gasteiger partial charge in [-0.3, -0.25) is 4.90 Å². The third-order valence-electron chi connectivity index (χ3n) is 4.80. The average Bonchev–Trinajstić information content (AvgIpc) is 2.73. The van der Waals surface area contributed by atoms with Gasteiger partial charge in [0.25, 0.3) is 0 Å². The molecule has 2 aliphatic rings. The summed E-state index contributed by atoms with van der Waals surface area (Å²) in [7, 11) is 1.73. The highest BCUT2D eigenvalue weighted by Gasteiger charge is 2.29. The molecule has 2 aliphatic heterocycles. The van der Waals surface area contributed by atoms with Gasteiger partial charge in [0.1, 0.15) is 0 Å². The van der Waals surface area contributed by atoms with Crippen LogP contribution in [0.5, 0.6) is 0 Å². The van der Waals surface area contributed by atoms with Gasteiger partial charge >= 0.3 is 0 Å². The second-order valence-electron chi connectivity index (χ2n) is 6.15. The van der Waals surface area contributed by atoms with E-state index >= 15 is 0 Å². The Morgan fingerprint density at radius 2 is 1.85 bits per heavy atom. The first-order valence-electron chi connectivity index (χ1n) is 8.43. The third-order valence-corrected chi connectivity index (χ3v) is 4.80. The van der Waals surface area contributed by atoms with Crippen molar-refractivity contribution in [3.8, 4) is 0 Å². The molecule has 118 valence electrons. The molecule has 0 aromatic heterocycles. The van der Waals surface area contributed by atoms with Crippen LogP contribution in [0.4, 0.5) is 0 Å². The fraction of sp³-hybridized carbons (Fsp3) is 1.00. The number of hydrogen-bond donors (Lipinski definition) is 1. The predicted octanol–water partition coefficient (Wildman–Crippen LogP) is 1.89. The maximum atomic E-state index is 5.67.